The van der Waals surface area contributed by atoms with Gasteiger partial charge in [-0.1, -0.05) is 54.6 Å². The minimum absolute atomic E-state index is 0.967. The van der Waals surface area contributed by atoms with Crippen LogP contribution in [0.3, 0.4) is 0 Å². The highest BCUT2D eigenvalue weighted by atomic mass is 32.2. The van der Waals surface area contributed by atoms with Crippen molar-refractivity contribution in [2.75, 3.05) is 18.6 Å². The van der Waals surface area contributed by atoms with E-state index in [1.165, 1.54) is 35.3 Å². The highest BCUT2D eigenvalue weighted by molar-refractivity contribution is 7.98. The van der Waals surface area contributed by atoms with Crippen LogP contribution in [0.2, 0.25) is 0 Å². The van der Waals surface area contributed by atoms with E-state index in [2.05, 4.69) is 66.2 Å². The highest BCUT2D eigenvalue weighted by Crippen LogP contribution is 2.19. The van der Waals surface area contributed by atoms with Crippen molar-refractivity contribution in [2.45, 2.75) is 19.4 Å². The van der Waals surface area contributed by atoms with Crippen molar-refractivity contribution < 1.29 is 0 Å². The zero-order valence-corrected chi connectivity index (χ0v) is 13.0. The number of thioether (sulfide) groups is 1. The van der Waals surface area contributed by atoms with Gasteiger partial charge in [-0.15, -0.1) is 0 Å². The lowest BCUT2D eigenvalue weighted by atomic mass is 10.0. The molecule has 2 aromatic carbocycles. The van der Waals surface area contributed by atoms with Gasteiger partial charge in [-0.05, 0) is 48.1 Å². The average molecular weight is 285 g/mol. The molecule has 0 heterocycles. The molecular weight excluding hydrogens is 262 g/mol. The fourth-order valence-electron chi connectivity index (χ4n) is 2.17. The molecule has 106 valence electrons. The van der Waals surface area contributed by atoms with E-state index in [0.29, 0.717) is 0 Å². The van der Waals surface area contributed by atoms with Crippen LogP contribution in [0.15, 0.2) is 54.6 Å². The van der Waals surface area contributed by atoms with Gasteiger partial charge in [0.1, 0.15) is 0 Å². The molecule has 0 spiro atoms. The number of rotatable bonds is 8. The van der Waals surface area contributed by atoms with Crippen molar-refractivity contribution in [3.8, 4) is 11.1 Å². The molecule has 0 saturated heterocycles. The van der Waals surface area contributed by atoms with Crippen LogP contribution in [0.25, 0.3) is 11.1 Å². The van der Waals surface area contributed by atoms with Gasteiger partial charge in [0.2, 0.25) is 0 Å². The first kappa shape index (κ1) is 15.1. The predicted octanol–water partition coefficient (Wildman–Crippen LogP) is 4.59. The third-order valence-corrected chi connectivity index (χ3v) is 4.04. The minimum atomic E-state index is 0.967. The number of hydrogen-bond acceptors (Lipinski definition) is 2. The standard InChI is InChI=1S/C18H23NS/c1-20-14-6-5-13-19-15-16-9-11-18(12-10-16)17-7-3-2-4-8-17/h2-4,7-12,19H,5-6,13-15H2,1H3. The molecule has 0 aromatic heterocycles. The van der Waals surface area contributed by atoms with Gasteiger partial charge in [0, 0.05) is 6.54 Å². The summed E-state index contributed by atoms with van der Waals surface area (Å²) in [4.78, 5) is 0. The lowest BCUT2D eigenvalue weighted by Gasteiger charge is -2.06. The van der Waals surface area contributed by atoms with Crippen LogP contribution in [0.5, 0.6) is 0 Å². The van der Waals surface area contributed by atoms with Crippen LogP contribution in [-0.4, -0.2) is 18.6 Å². The molecule has 0 aliphatic rings. The van der Waals surface area contributed by atoms with Crippen molar-refractivity contribution in [3.63, 3.8) is 0 Å². The molecule has 20 heavy (non-hydrogen) atoms. The maximum atomic E-state index is 3.51. The van der Waals surface area contributed by atoms with Crippen molar-refractivity contribution in [3.05, 3.63) is 60.2 Å². The second-order valence-corrected chi connectivity index (χ2v) is 5.93. The van der Waals surface area contributed by atoms with E-state index < -0.39 is 0 Å². The van der Waals surface area contributed by atoms with E-state index in [0.717, 1.165) is 13.1 Å². The predicted molar refractivity (Wildman–Crippen MR) is 91.2 cm³/mol. The Labute approximate surface area is 126 Å². The smallest absolute Gasteiger partial charge is 0.0205 e. The zero-order chi connectivity index (χ0) is 14.0. The normalized spacial score (nSPS) is 10.7. The summed E-state index contributed by atoms with van der Waals surface area (Å²) in [7, 11) is 0. The summed E-state index contributed by atoms with van der Waals surface area (Å²) in [5.41, 5.74) is 3.92. The second-order valence-electron chi connectivity index (χ2n) is 4.94. The molecule has 0 fully saturated rings. The molecule has 0 aliphatic heterocycles. The molecule has 0 unspecified atom stereocenters. The molecule has 1 N–H and O–H groups in total. The van der Waals surface area contributed by atoms with Gasteiger partial charge in [0.25, 0.3) is 0 Å². The largest absolute Gasteiger partial charge is 0.313 e. The SMILES string of the molecule is CSCCCCNCc1ccc(-c2ccccc2)cc1. The Kier molecular flexibility index (Phi) is 6.69. The lowest BCUT2D eigenvalue weighted by Crippen LogP contribution is -2.14. The Morgan fingerprint density at radius 2 is 1.55 bits per heavy atom. The Balaban J connectivity index is 1.77. The van der Waals surface area contributed by atoms with Crippen molar-refractivity contribution in [1.82, 2.24) is 5.32 Å². The molecule has 0 atom stereocenters. The maximum Gasteiger partial charge on any atom is 0.0205 e. The Hall–Kier alpha value is -1.25. The summed E-state index contributed by atoms with van der Waals surface area (Å²) < 4.78 is 0. The summed E-state index contributed by atoms with van der Waals surface area (Å²) in [6.07, 6.45) is 4.74. The number of hydrogen-bond donors (Lipinski definition) is 1. The molecule has 0 saturated carbocycles. The molecule has 1 nitrogen and oxygen atoms in total. The van der Waals surface area contributed by atoms with E-state index in [4.69, 9.17) is 0 Å². The topological polar surface area (TPSA) is 12.0 Å². The van der Waals surface area contributed by atoms with Crippen LogP contribution >= 0.6 is 11.8 Å². The minimum Gasteiger partial charge on any atom is -0.313 e. The number of unbranched alkanes of at least 4 members (excludes halogenated alkanes) is 1. The average Bonchev–Trinajstić information content (AvgIpc) is 2.52. The van der Waals surface area contributed by atoms with Gasteiger partial charge in [0.15, 0.2) is 0 Å². The molecule has 2 rings (SSSR count). The van der Waals surface area contributed by atoms with Crippen LogP contribution in [0, 0.1) is 0 Å². The second kappa shape index (κ2) is 8.83. The molecule has 2 heteroatoms. The van der Waals surface area contributed by atoms with Gasteiger partial charge in [-0.3, -0.25) is 0 Å². The van der Waals surface area contributed by atoms with E-state index in [-0.39, 0.29) is 0 Å². The van der Waals surface area contributed by atoms with Gasteiger partial charge in [-0.2, -0.15) is 11.8 Å². The summed E-state index contributed by atoms with van der Waals surface area (Å²) in [6.45, 7) is 2.08. The fourth-order valence-corrected chi connectivity index (χ4v) is 2.67. The van der Waals surface area contributed by atoms with E-state index in [1.54, 1.807) is 0 Å². The van der Waals surface area contributed by atoms with E-state index in [9.17, 15) is 0 Å². The van der Waals surface area contributed by atoms with Crippen LogP contribution in [0.4, 0.5) is 0 Å². The quantitative estimate of drug-likeness (QED) is 0.712. The fraction of sp³-hybridized carbons (Fsp3) is 0.333. The van der Waals surface area contributed by atoms with Crippen LogP contribution in [0.1, 0.15) is 18.4 Å². The Morgan fingerprint density at radius 3 is 2.25 bits per heavy atom. The summed E-state index contributed by atoms with van der Waals surface area (Å²) in [5, 5.41) is 3.51. The molecule has 0 aliphatic carbocycles. The first-order chi connectivity index (χ1) is 9.90. The maximum absolute atomic E-state index is 3.51. The van der Waals surface area contributed by atoms with Crippen molar-refractivity contribution in [2.24, 2.45) is 0 Å². The molecule has 0 amide bonds. The third kappa shape index (κ3) is 5.03. The van der Waals surface area contributed by atoms with Crippen molar-refractivity contribution >= 4 is 11.8 Å². The highest BCUT2D eigenvalue weighted by Gasteiger charge is 1.97. The lowest BCUT2D eigenvalue weighted by molar-refractivity contribution is 0.644. The van der Waals surface area contributed by atoms with Gasteiger partial charge < -0.3 is 5.32 Å². The zero-order valence-electron chi connectivity index (χ0n) is 12.1. The van der Waals surface area contributed by atoms with Crippen LogP contribution in [-0.2, 0) is 6.54 Å². The molecular formula is C18H23NS. The summed E-state index contributed by atoms with van der Waals surface area (Å²) in [6, 6.07) is 19.4. The third-order valence-electron chi connectivity index (χ3n) is 3.34. The van der Waals surface area contributed by atoms with E-state index in [1.807, 2.05) is 11.8 Å². The summed E-state index contributed by atoms with van der Waals surface area (Å²) in [5.74, 6) is 1.27. The van der Waals surface area contributed by atoms with Gasteiger partial charge in [0.05, 0.1) is 0 Å². The summed E-state index contributed by atoms with van der Waals surface area (Å²) >= 11 is 1.93. The van der Waals surface area contributed by atoms with Crippen LogP contribution < -0.4 is 5.32 Å². The monoisotopic (exact) mass is 285 g/mol. The molecule has 2 aromatic rings. The number of benzene rings is 2. The molecule has 0 radical (unpaired) electrons. The van der Waals surface area contributed by atoms with Crippen molar-refractivity contribution in [1.29, 1.82) is 0 Å². The van der Waals surface area contributed by atoms with Gasteiger partial charge in [-0.25, -0.2) is 0 Å². The van der Waals surface area contributed by atoms with E-state index >= 15 is 0 Å². The molecule has 0 bridgehead atoms. The Morgan fingerprint density at radius 1 is 0.850 bits per heavy atom. The first-order valence-electron chi connectivity index (χ1n) is 7.24. The first-order valence-corrected chi connectivity index (χ1v) is 8.63. The Bertz CT molecular complexity index is 479. The van der Waals surface area contributed by atoms with Gasteiger partial charge >= 0.3 is 0 Å². The number of nitrogens with one attached hydrogen (secondary N) is 1.